The van der Waals surface area contributed by atoms with Crippen molar-refractivity contribution < 1.29 is 23.4 Å². The highest BCUT2D eigenvalue weighted by Crippen LogP contribution is 2.26. The molecule has 1 fully saturated rings. The SMILES string of the molecule is O=C(Nc1ccc2c(OCC3COCCO3)nccc2c1)c1cccc(F)n1. The summed E-state index contributed by atoms with van der Waals surface area (Å²) in [5, 5.41) is 4.36. The number of hydrogen-bond acceptors (Lipinski definition) is 6. The van der Waals surface area contributed by atoms with Crippen molar-refractivity contribution in [1.29, 1.82) is 0 Å². The first kappa shape index (κ1) is 18.3. The Labute approximate surface area is 160 Å². The smallest absolute Gasteiger partial charge is 0.274 e. The molecule has 0 radical (unpaired) electrons. The Morgan fingerprint density at radius 2 is 2.18 bits per heavy atom. The van der Waals surface area contributed by atoms with Gasteiger partial charge < -0.3 is 19.5 Å². The number of ether oxygens (including phenoxy) is 3. The minimum Gasteiger partial charge on any atom is -0.474 e. The van der Waals surface area contributed by atoms with E-state index in [1.165, 1.54) is 18.2 Å². The number of rotatable bonds is 5. The number of carbonyl (C=O) groups excluding carboxylic acids is 1. The van der Waals surface area contributed by atoms with Crippen molar-refractivity contribution in [3.8, 4) is 5.88 Å². The molecule has 4 rings (SSSR count). The third-order valence-electron chi connectivity index (χ3n) is 4.22. The van der Waals surface area contributed by atoms with Crippen molar-refractivity contribution in [2.24, 2.45) is 0 Å². The fourth-order valence-corrected chi connectivity index (χ4v) is 2.88. The number of nitrogens with zero attached hydrogens (tertiary/aromatic N) is 2. The number of carbonyl (C=O) groups is 1. The lowest BCUT2D eigenvalue weighted by Crippen LogP contribution is -2.33. The molecule has 8 heteroatoms. The largest absolute Gasteiger partial charge is 0.474 e. The number of hydrogen-bond donors (Lipinski definition) is 1. The average Bonchev–Trinajstić information content (AvgIpc) is 2.72. The normalized spacial score (nSPS) is 16.7. The van der Waals surface area contributed by atoms with E-state index in [4.69, 9.17) is 14.2 Å². The number of benzene rings is 1. The Balaban J connectivity index is 1.49. The van der Waals surface area contributed by atoms with E-state index in [-0.39, 0.29) is 11.8 Å². The Morgan fingerprint density at radius 3 is 3.00 bits per heavy atom. The maximum atomic E-state index is 13.2. The second-order valence-electron chi connectivity index (χ2n) is 6.23. The van der Waals surface area contributed by atoms with Gasteiger partial charge in [0.2, 0.25) is 11.8 Å². The first-order valence-corrected chi connectivity index (χ1v) is 8.84. The van der Waals surface area contributed by atoms with E-state index in [1.54, 1.807) is 18.3 Å². The van der Waals surface area contributed by atoms with Gasteiger partial charge in [-0.1, -0.05) is 6.07 Å². The number of anilines is 1. The van der Waals surface area contributed by atoms with E-state index in [1.807, 2.05) is 12.1 Å². The molecule has 2 aromatic heterocycles. The lowest BCUT2D eigenvalue weighted by Gasteiger charge is -2.22. The van der Waals surface area contributed by atoms with Gasteiger partial charge in [-0.2, -0.15) is 4.39 Å². The van der Waals surface area contributed by atoms with Gasteiger partial charge in [0, 0.05) is 17.3 Å². The molecule has 3 aromatic rings. The van der Waals surface area contributed by atoms with Crippen molar-refractivity contribution in [3.63, 3.8) is 0 Å². The van der Waals surface area contributed by atoms with Crippen molar-refractivity contribution in [2.45, 2.75) is 6.10 Å². The minimum absolute atomic E-state index is 0.00792. The minimum atomic E-state index is -0.702. The highest BCUT2D eigenvalue weighted by molar-refractivity contribution is 6.04. The van der Waals surface area contributed by atoms with Gasteiger partial charge >= 0.3 is 0 Å². The quantitative estimate of drug-likeness (QED) is 0.683. The first-order valence-electron chi connectivity index (χ1n) is 8.84. The van der Waals surface area contributed by atoms with Gasteiger partial charge in [0.05, 0.1) is 19.8 Å². The zero-order valence-corrected chi connectivity index (χ0v) is 14.9. The standard InChI is InChI=1S/C20H18FN3O4/c21-18-3-1-2-17(24-18)19(25)23-14-4-5-16-13(10-14)6-7-22-20(16)28-12-15-11-26-8-9-27-15/h1-7,10,15H,8-9,11-12H2,(H,23,25). The zero-order valence-electron chi connectivity index (χ0n) is 14.9. The Hall–Kier alpha value is -3.10. The summed E-state index contributed by atoms with van der Waals surface area (Å²) in [6.45, 7) is 1.99. The molecule has 0 bridgehead atoms. The molecule has 1 atom stereocenters. The van der Waals surface area contributed by atoms with Gasteiger partial charge in [-0.25, -0.2) is 9.97 Å². The average molecular weight is 383 g/mol. The maximum Gasteiger partial charge on any atom is 0.274 e. The first-order chi connectivity index (χ1) is 13.7. The molecule has 28 heavy (non-hydrogen) atoms. The Kier molecular flexibility index (Phi) is 5.41. The summed E-state index contributed by atoms with van der Waals surface area (Å²) in [4.78, 5) is 20.1. The van der Waals surface area contributed by atoms with Gasteiger partial charge in [-0.05, 0) is 41.8 Å². The zero-order chi connectivity index (χ0) is 19.3. The third-order valence-corrected chi connectivity index (χ3v) is 4.22. The highest BCUT2D eigenvalue weighted by Gasteiger charge is 2.16. The van der Waals surface area contributed by atoms with Gasteiger partial charge in [0.1, 0.15) is 18.4 Å². The van der Waals surface area contributed by atoms with Crippen LogP contribution in [0.5, 0.6) is 5.88 Å². The predicted molar refractivity (Wildman–Crippen MR) is 99.9 cm³/mol. The van der Waals surface area contributed by atoms with Crippen LogP contribution in [0.15, 0.2) is 48.7 Å². The van der Waals surface area contributed by atoms with Crippen LogP contribution < -0.4 is 10.1 Å². The number of nitrogens with one attached hydrogen (secondary N) is 1. The van der Waals surface area contributed by atoms with Crippen LogP contribution in [-0.4, -0.2) is 48.4 Å². The summed E-state index contributed by atoms with van der Waals surface area (Å²) < 4.78 is 29.9. The molecule has 1 N–H and O–H groups in total. The van der Waals surface area contributed by atoms with E-state index < -0.39 is 11.9 Å². The van der Waals surface area contributed by atoms with E-state index in [0.717, 1.165) is 10.8 Å². The van der Waals surface area contributed by atoms with Gasteiger partial charge in [-0.3, -0.25) is 4.79 Å². The predicted octanol–water partition coefficient (Wildman–Crippen LogP) is 2.82. The molecule has 0 aliphatic carbocycles. The molecule has 3 heterocycles. The van der Waals surface area contributed by atoms with E-state index in [0.29, 0.717) is 38.0 Å². The fourth-order valence-electron chi connectivity index (χ4n) is 2.88. The maximum absolute atomic E-state index is 13.2. The molecule has 1 unspecified atom stereocenters. The van der Waals surface area contributed by atoms with Crippen molar-refractivity contribution in [2.75, 3.05) is 31.7 Å². The summed E-state index contributed by atoms with van der Waals surface area (Å²) in [5.74, 6) is -0.707. The van der Waals surface area contributed by atoms with Crippen LogP contribution in [0.2, 0.25) is 0 Å². The van der Waals surface area contributed by atoms with Crippen molar-refractivity contribution in [3.05, 3.63) is 60.3 Å². The summed E-state index contributed by atoms with van der Waals surface area (Å²) in [6.07, 6.45) is 1.51. The summed E-state index contributed by atoms with van der Waals surface area (Å²) in [6, 6.07) is 11.2. The van der Waals surface area contributed by atoms with Crippen LogP contribution in [0.25, 0.3) is 10.8 Å². The molecule has 1 saturated heterocycles. The number of fused-ring (bicyclic) bond motifs is 1. The monoisotopic (exact) mass is 383 g/mol. The van der Waals surface area contributed by atoms with Crippen LogP contribution in [0.4, 0.5) is 10.1 Å². The van der Waals surface area contributed by atoms with Crippen LogP contribution in [0, 0.1) is 5.95 Å². The van der Waals surface area contributed by atoms with Crippen LogP contribution in [-0.2, 0) is 9.47 Å². The van der Waals surface area contributed by atoms with E-state index >= 15 is 0 Å². The lowest BCUT2D eigenvalue weighted by molar-refractivity contribution is -0.101. The summed E-state index contributed by atoms with van der Waals surface area (Å²) >= 11 is 0. The molecule has 0 spiro atoms. The number of aromatic nitrogens is 2. The summed E-state index contributed by atoms with van der Waals surface area (Å²) in [5.41, 5.74) is 0.568. The molecule has 1 aromatic carbocycles. The molecule has 1 amide bonds. The number of amides is 1. The second-order valence-corrected chi connectivity index (χ2v) is 6.23. The van der Waals surface area contributed by atoms with Gasteiger partial charge in [0.25, 0.3) is 5.91 Å². The topological polar surface area (TPSA) is 82.6 Å². The van der Waals surface area contributed by atoms with Crippen molar-refractivity contribution in [1.82, 2.24) is 9.97 Å². The van der Waals surface area contributed by atoms with Crippen LogP contribution in [0.1, 0.15) is 10.5 Å². The van der Waals surface area contributed by atoms with E-state index in [2.05, 4.69) is 15.3 Å². The number of halogens is 1. The molecule has 144 valence electrons. The number of pyridine rings is 2. The molecule has 0 saturated carbocycles. The molecule has 7 nitrogen and oxygen atoms in total. The van der Waals surface area contributed by atoms with E-state index in [9.17, 15) is 9.18 Å². The van der Waals surface area contributed by atoms with Crippen LogP contribution >= 0.6 is 0 Å². The molecule has 1 aliphatic rings. The highest BCUT2D eigenvalue weighted by atomic mass is 19.1. The molecule has 1 aliphatic heterocycles. The Bertz CT molecular complexity index is 992. The molecular weight excluding hydrogens is 365 g/mol. The third kappa shape index (κ3) is 4.24. The fraction of sp³-hybridized carbons (Fsp3) is 0.250. The summed E-state index contributed by atoms with van der Waals surface area (Å²) in [7, 11) is 0. The Morgan fingerprint density at radius 1 is 1.25 bits per heavy atom. The second kappa shape index (κ2) is 8.28. The van der Waals surface area contributed by atoms with Crippen LogP contribution in [0.3, 0.4) is 0 Å². The lowest BCUT2D eigenvalue weighted by atomic mass is 10.1. The molecular formula is C20H18FN3O4. The van der Waals surface area contributed by atoms with Gasteiger partial charge in [0.15, 0.2) is 0 Å². The van der Waals surface area contributed by atoms with Gasteiger partial charge in [-0.15, -0.1) is 0 Å². The van der Waals surface area contributed by atoms with Crippen molar-refractivity contribution >= 4 is 22.4 Å².